The fourth-order valence-electron chi connectivity index (χ4n) is 2.08. The molecule has 0 aliphatic rings. The highest BCUT2D eigenvalue weighted by Gasteiger charge is 2.02. The Balaban J connectivity index is 1.78. The SMILES string of the molecule is Fc1ccc(COc2ccc3cc(Br)ccc3c2)cc1Br. The van der Waals surface area contributed by atoms with Crippen molar-refractivity contribution in [2.75, 3.05) is 0 Å². The molecule has 3 aromatic carbocycles. The van der Waals surface area contributed by atoms with Crippen molar-refractivity contribution < 1.29 is 9.13 Å². The van der Waals surface area contributed by atoms with Crippen molar-refractivity contribution in [3.63, 3.8) is 0 Å². The van der Waals surface area contributed by atoms with E-state index in [9.17, 15) is 4.39 Å². The molecule has 0 spiro atoms. The van der Waals surface area contributed by atoms with Crippen LogP contribution in [-0.2, 0) is 6.61 Å². The Morgan fingerprint density at radius 2 is 1.62 bits per heavy atom. The van der Waals surface area contributed by atoms with Crippen LogP contribution in [0.5, 0.6) is 5.75 Å². The van der Waals surface area contributed by atoms with E-state index in [-0.39, 0.29) is 5.82 Å². The molecule has 0 heterocycles. The average molecular weight is 410 g/mol. The maximum Gasteiger partial charge on any atom is 0.137 e. The maximum atomic E-state index is 13.2. The Morgan fingerprint density at radius 3 is 2.43 bits per heavy atom. The number of halogens is 3. The van der Waals surface area contributed by atoms with Gasteiger partial charge in [-0.25, -0.2) is 4.39 Å². The Hall–Kier alpha value is -1.39. The molecule has 0 saturated heterocycles. The number of fused-ring (bicyclic) bond motifs is 1. The largest absolute Gasteiger partial charge is 0.489 e. The zero-order valence-corrected chi connectivity index (χ0v) is 14.1. The van der Waals surface area contributed by atoms with Crippen molar-refractivity contribution in [3.8, 4) is 5.75 Å². The van der Waals surface area contributed by atoms with Gasteiger partial charge in [0.2, 0.25) is 0 Å². The molecule has 0 aliphatic heterocycles. The molecule has 0 bridgehead atoms. The van der Waals surface area contributed by atoms with Gasteiger partial charge in [-0.05, 0) is 68.7 Å². The van der Waals surface area contributed by atoms with Gasteiger partial charge in [-0.15, -0.1) is 0 Å². The topological polar surface area (TPSA) is 9.23 Å². The monoisotopic (exact) mass is 408 g/mol. The lowest BCUT2D eigenvalue weighted by atomic mass is 10.1. The van der Waals surface area contributed by atoms with Crippen LogP contribution >= 0.6 is 31.9 Å². The molecular formula is C17H11Br2FO. The van der Waals surface area contributed by atoms with Crippen LogP contribution in [0.15, 0.2) is 63.5 Å². The van der Waals surface area contributed by atoms with Crippen LogP contribution in [0.3, 0.4) is 0 Å². The summed E-state index contributed by atoms with van der Waals surface area (Å²) in [6.07, 6.45) is 0. The first-order valence-electron chi connectivity index (χ1n) is 6.38. The molecule has 0 amide bonds. The minimum absolute atomic E-state index is 0.268. The third kappa shape index (κ3) is 3.44. The van der Waals surface area contributed by atoms with Gasteiger partial charge in [-0.3, -0.25) is 0 Å². The van der Waals surface area contributed by atoms with E-state index in [1.165, 1.54) is 6.07 Å². The summed E-state index contributed by atoms with van der Waals surface area (Å²) in [6.45, 7) is 0.404. The first kappa shape index (κ1) is 14.5. The van der Waals surface area contributed by atoms with Crippen LogP contribution in [0.25, 0.3) is 10.8 Å². The second kappa shape index (κ2) is 6.16. The maximum absolute atomic E-state index is 13.2. The van der Waals surface area contributed by atoms with Crippen LogP contribution in [-0.4, -0.2) is 0 Å². The molecule has 0 saturated carbocycles. The lowest BCUT2D eigenvalue weighted by molar-refractivity contribution is 0.306. The molecule has 1 nitrogen and oxygen atoms in total. The second-order valence-corrected chi connectivity index (χ2v) is 6.46. The molecule has 106 valence electrons. The van der Waals surface area contributed by atoms with Crippen LogP contribution < -0.4 is 4.74 Å². The average Bonchev–Trinajstić information content (AvgIpc) is 2.48. The Labute approximate surface area is 139 Å². The number of hydrogen-bond donors (Lipinski definition) is 0. The molecule has 21 heavy (non-hydrogen) atoms. The molecule has 0 unspecified atom stereocenters. The van der Waals surface area contributed by atoms with Gasteiger partial charge in [-0.2, -0.15) is 0 Å². The van der Waals surface area contributed by atoms with E-state index in [1.54, 1.807) is 12.1 Å². The van der Waals surface area contributed by atoms with Crippen molar-refractivity contribution in [3.05, 3.63) is 74.9 Å². The van der Waals surface area contributed by atoms with Gasteiger partial charge in [0.25, 0.3) is 0 Å². The summed E-state index contributed by atoms with van der Waals surface area (Å²) in [4.78, 5) is 0. The summed E-state index contributed by atoms with van der Waals surface area (Å²) in [5.41, 5.74) is 0.916. The summed E-state index contributed by atoms with van der Waals surface area (Å²) in [5, 5.41) is 2.28. The Kier molecular flexibility index (Phi) is 4.27. The summed E-state index contributed by atoms with van der Waals surface area (Å²) in [5.74, 6) is 0.528. The first-order chi connectivity index (χ1) is 10.1. The molecule has 0 fully saturated rings. The molecule has 0 atom stereocenters. The van der Waals surface area contributed by atoms with E-state index in [0.717, 1.165) is 26.6 Å². The smallest absolute Gasteiger partial charge is 0.137 e. The zero-order valence-electron chi connectivity index (χ0n) is 10.9. The molecule has 0 aliphatic carbocycles. The van der Waals surface area contributed by atoms with Crippen LogP contribution in [0.1, 0.15) is 5.56 Å². The number of benzene rings is 3. The van der Waals surface area contributed by atoms with Crippen molar-refractivity contribution in [1.29, 1.82) is 0 Å². The van der Waals surface area contributed by atoms with Crippen LogP contribution in [0.4, 0.5) is 4.39 Å². The lowest BCUT2D eigenvalue weighted by Crippen LogP contribution is -1.96. The third-order valence-corrected chi connectivity index (χ3v) is 4.26. The molecule has 3 rings (SSSR count). The zero-order chi connectivity index (χ0) is 14.8. The standard InChI is InChI=1S/C17H11Br2FO/c18-14-4-2-13-9-15(5-3-12(13)8-14)21-10-11-1-6-17(20)16(19)7-11/h1-9H,10H2. The van der Waals surface area contributed by atoms with Crippen molar-refractivity contribution >= 4 is 42.6 Å². The fraction of sp³-hybridized carbons (Fsp3) is 0.0588. The van der Waals surface area contributed by atoms with Gasteiger partial charge in [0.1, 0.15) is 18.2 Å². The highest BCUT2D eigenvalue weighted by atomic mass is 79.9. The fourth-order valence-corrected chi connectivity index (χ4v) is 2.89. The van der Waals surface area contributed by atoms with Gasteiger partial charge in [0.15, 0.2) is 0 Å². The number of ether oxygens (including phenoxy) is 1. The van der Waals surface area contributed by atoms with Crippen LogP contribution in [0, 0.1) is 5.82 Å². The third-order valence-electron chi connectivity index (χ3n) is 3.16. The van der Waals surface area contributed by atoms with E-state index in [0.29, 0.717) is 11.1 Å². The Bertz CT molecular complexity index is 802. The van der Waals surface area contributed by atoms with Crippen molar-refractivity contribution in [2.45, 2.75) is 6.61 Å². The minimum Gasteiger partial charge on any atom is -0.489 e. The molecule has 0 N–H and O–H groups in total. The number of hydrogen-bond acceptors (Lipinski definition) is 1. The molecule has 0 aromatic heterocycles. The summed E-state index contributed by atoms with van der Waals surface area (Å²) < 4.78 is 20.5. The van der Waals surface area contributed by atoms with Gasteiger partial charge in [0.05, 0.1) is 4.47 Å². The van der Waals surface area contributed by atoms with Crippen molar-refractivity contribution in [1.82, 2.24) is 0 Å². The molecule has 4 heteroatoms. The first-order valence-corrected chi connectivity index (χ1v) is 7.96. The van der Waals surface area contributed by atoms with E-state index in [2.05, 4.69) is 37.9 Å². The van der Waals surface area contributed by atoms with E-state index in [4.69, 9.17) is 4.74 Å². The highest BCUT2D eigenvalue weighted by Crippen LogP contribution is 2.25. The predicted molar refractivity (Wildman–Crippen MR) is 90.1 cm³/mol. The molecular weight excluding hydrogens is 399 g/mol. The number of rotatable bonds is 3. The van der Waals surface area contributed by atoms with Gasteiger partial charge in [-0.1, -0.05) is 34.1 Å². The Morgan fingerprint density at radius 1 is 0.857 bits per heavy atom. The summed E-state index contributed by atoms with van der Waals surface area (Å²) in [6, 6.07) is 17.0. The van der Waals surface area contributed by atoms with E-state index < -0.39 is 0 Å². The summed E-state index contributed by atoms with van der Waals surface area (Å²) >= 11 is 6.64. The molecule has 0 radical (unpaired) electrons. The van der Waals surface area contributed by atoms with E-state index >= 15 is 0 Å². The predicted octanol–water partition coefficient (Wildman–Crippen LogP) is 6.08. The van der Waals surface area contributed by atoms with Gasteiger partial charge >= 0.3 is 0 Å². The van der Waals surface area contributed by atoms with E-state index in [1.807, 2.05) is 30.3 Å². The van der Waals surface area contributed by atoms with Gasteiger partial charge in [0, 0.05) is 4.47 Å². The normalized spacial score (nSPS) is 10.8. The quantitative estimate of drug-likeness (QED) is 0.509. The second-order valence-electron chi connectivity index (χ2n) is 4.69. The van der Waals surface area contributed by atoms with Crippen LogP contribution in [0.2, 0.25) is 0 Å². The summed E-state index contributed by atoms with van der Waals surface area (Å²) in [7, 11) is 0. The lowest BCUT2D eigenvalue weighted by Gasteiger charge is -2.08. The highest BCUT2D eigenvalue weighted by molar-refractivity contribution is 9.10. The minimum atomic E-state index is -0.268. The van der Waals surface area contributed by atoms with Crippen molar-refractivity contribution in [2.24, 2.45) is 0 Å². The molecule has 3 aromatic rings. The van der Waals surface area contributed by atoms with Gasteiger partial charge < -0.3 is 4.74 Å².